The Morgan fingerprint density at radius 1 is 1.23 bits per heavy atom. The number of carbonyl (C=O) groups excluding carboxylic acids is 2. The highest BCUT2D eigenvalue weighted by atomic mass is 19.1. The molecule has 2 aromatic carbocycles. The summed E-state index contributed by atoms with van der Waals surface area (Å²) in [5.41, 5.74) is 0.431. The second kappa shape index (κ2) is 8.33. The first-order valence-corrected chi connectivity index (χ1v) is 8.30. The van der Waals surface area contributed by atoms with Crippen molar-refractivity contribution >= 4 is 17.7 Å². The van der Waals surface area contributed by atoms with Crippen LogP contribution in [0.4, 0.5) is 14.9 Å². The molecule has 0 spiro atoms. The van der Waals surface area contributed by atoms with E-state index in [0.717, 1.165) is 0 Å². The van der Waals surface area contributed by atoms with Gasteiger partial charge in [-0.05, 0) is 30.3 Å². The average Bonchev–Trinajstić information content (AvgIpc) is 3.02. The molecule has 0 bridgehead atoms. The zero-order chi connectivity index (χ0) is 18.4. The number of cyclic esters (lactones) is 1. The normalized spacial score (nSPS) is 16.3. The van der Waals surface area contributed by atoms with Gasteiger partial charge >= 0.3 is 6.09 Å². The maximum Gasteiger partial charge on any atom is 0.414 e. The fraction of sp³-hybridized carbons (Fsp3) is 0.263. The molecule has 0 saturated carbocycles. The molecule has 1 aliphatic heterocycles. The summed E-state index contributed by atoms with van der Waals surface area (Å²) in [6.45, 7) is 0.709. The molecule has 1 atom stereocenters. The molecule has 1 heterocycles. The third kappa shape index (κ3) is 4.72. The van der Waals surface area contributed by atoms with Gasteiger partial charge in [-0.2, -0.15) is 0 Å². The van der Waals surface area contributed by atoms with Gasteiger partial charge in [0.25, 0.3) is 0 Å². The average molecular weight is 358 g/mol. The van der Waals surface area contributed by atoms with Crippen LogP contribution in [0.2, 0.25) is 0 Å². The third-order valence-corrected chi connectivity index (χ3v) is 3.86. The van der Waals surface area contributed by atoms with Crippen LogP contribution >= 0.6 is 0 Å². The lowest BCUT2D eigenvalue weighted by atomic mass is 10.2. The molecule has 3 rings (SSSR count). The molecule has 1 fully saturated rings. The van der Waals surface area contributed by atoms with Crippen LogP contribution in [0, 0.1) is 5.82 Å². The van der Waals surface area contributed by atoms with E-state index in [9.17, 15) is 14.0 Å². The number of hydrogen-bond acceptors (Lipinski definition) is 4. The van der Waals surface area contributed by atoms with Gasteiger partial charge in [0.2, 0.25) is 5.91 Å². The molecule has 7 heteroatoms. The second-order valence-corrected chi connectivity index (χ2v) is 5.81. The van der Waals surface area contributed by atoms with Gasteiger partial charge in [0.1, 0.15) is 17.7 Å². The first kappa shape index (κ1) is 17.7. The molecule has 0 aromatic heterocycles. The Hall–Kier alpha value is -3.09. The summed E-state index contributed by atoms with van der Waals surface area (Å²) in [5, 5.41) is 2.72. The number of hydrogen-bond donors (Lipinski definition) is 1. The fourth-order valence-electron chi connectivity index (χ4n) is 2.58. The van der Waals surface area contributed by atoms with Gasteiger partial charge in [-0.3, -0.25) is 9.69 Å². The van der Waals surface area contributed by atoms with Crippen LogP contribution in [0.5, 0.6) is 5.75 Å². The largest absolute Gasteiger partial charge is 0.493 e. The first-order valence-electron chi connectivity index (χ1n) is 8.30. The van der Waals surface area contributed by atoms with Gasteiger partial charge in [-0.15, -0.1) is 0 Å². The number of carbonyl (C=O) groups is 2. The Balaban J connectivity index is 1.41. The third-order valence-electron chi connectivity index (χ3n) is 3.86. The van der Waals surface area contributed by atoms with Crippen LogP contribution in [0.1, 0.15) is 6.42 Å². The van der Waals surface area contributed by atoms with Crippen molar-refractivity contribution in [2.75, 3.05) is 24.6 Å². The van der Waals surface area contributed by atoms with E-state index in [1.807, 2.05) is 30.3 Å². The molecule has 1 aliphatic rings. The molecule has 2 amide bonds. The molecule has 0 aliphatic carbocycles. The molecular weight excluding hydrogens is 339 g/mol. The highest BCUT2D eigenvalue weighted by Crippen LogP contribution is 2.22. The Labute approximate surface area is 150 Å². The maximum absolute atomic E-state index is 13.3. The molecule has 0 radical (unpaired) electrons. The topological polar surface area (TPSA) is 67.9 Å². The van der Waals surface area contributed by atoms with Crippen molar-refractivity contribution in [2.24, 2.45) is 0 Å². The maximum atomic E-state index is 13.3. The van der Waals surface area contributed by atoms with E-state index < -0.39 is 18.0 Å². The Kier molecular flexibility index (Phi) is 5.68. The number of ether oxygens (including phenoxy) is 2. The quantitative estimate of drug-likeness (QED) is 0.826. The molecule has 6 nitrogen and oxygen atoms in total. The minimum absolute atomic E-state index is 0.193. The molecule has 136 valence electrons. The van der Waals surface area contributed by atoms with Gasteiger partial charge in [0.15, 0.2) is 0 Å². The first-order chi connectivity index (χ1) is 12.6. The van der Waals surface area contributed by atoms with Crippen LogP contribution in [0.25, 0.3) is 0 Å². The fourth-order valence-corrected chi connectivity index (χ4v) is 2.58. The van der Waals surface area contributed by atoms with E-state index in [0.29, 0.717) is 11.4 Å². The van der Waals surface area contributed by atoms with E-state index in [4.69, 9.17) is 9.47 Å². The highest BCUT2D eigenvalue weighted by Gasteiger charge is 2.32. The van der Waals surface area contributed by atoms with Gasteiger partial charge in [0.05, 0.1) is 31.8 Å². The van der Waals surface area contributed by atoms with Crippen LogP contribution in [-0.4, -0.2) is 37.8 Å². The van der Waals surface area contributed by atoms with E-state index in [1.54, 1.807) is 6.07 Å². The van der Waals surface area contributed by atoms with Crippen molar-refractivity contribution in [1.29, 1.82) is 0 Å². The zero-order valence-corrected chi connectivity index (χ0v) is 14.1. The lowest BCUT2D eigenvalue weighted by Crippen LogP contribution is -2.35. The van der Waals surface area contributed by atoms with Crippen LogP contribution in [-0.2, 0) is 9.53 Å². The summed E-state index contributed by atoms with van der Waals surface area (Å²) in [6, 6.07) is 15.0. The number of benzene rings is 2. The number of nitrogens with one attached hydrogen (secondary N) is 1. The Bertz CT molecular complexity index is 769. The summed E-state index contributed by atoms with van der Waals surface area (Å²) in [5.74, 6) is 0.0856. The van der Waals surface area contributed by atoms with Gasteiger partial charge in [-0.25, -0.2) is 9.18 Å². The summed E-state index contributed by atoms with van der Waals surface area (Å²) >= 11 is 0. The van der Waals surface area contributed by atoms with E-state index in [-0.39, 0.29) is 32.0 Å². The SMILES string of the molecule is O=C(CCOc1ccccc1)NCC1CN(c2cccc(F)c2)C(=O)O1. The lowest BCUT2D eigenvalue weighted by Gasteiger charge is -2.13. The van der Waals surface area contributed by atoms with Crippen molar-refractivity contribution < 1.29 is 23.5 Å². The van der Waals surface area contributed by atoms with E-state index >= 15 is 0 Å². The summed E-state index contributed by atoms with van der Waals surface area (Å²) in [7, 11) is 0. The predicted octanol–water partition coefficient (Wildman–Crippen LogP) is 2.74. The Morgan fingerprint density at radius 2 is 2.04 bits per heavy atom. The zero-order valence-electron chi connectivity index (χ0n) is 14.1. The van der Waals surface area contributed by atoms with E-state index in [2.05, 4.69) is 5.32 Å². The standard InChI is InChI=1S/C19H19FN2O4/c20-14-5-4-6-15(11-14)22-13-17(26-19(22)24)12-21-18(23)9-10-25-16-7-2-1-3-8-16/h1-8,11,17H,9-10,12-13H2,(H,21,23). The van der Waals surface area contributed by atoms with Crippen LogP contribution in [0.3, 0.4) is 0 Å². The minimum Gasteiger partial charge on any atom is -0.493 e. The number of para-hydroxylation sites is 1. The van der Waals surface area contributed by atoms with Gasteiger partial charge in [0, 0.05) is 0 Å². The molecule has 26 heavy (non-hydrogen) atoms. The summed E-state index contributed by atoms with van der Waals surface area (Å²) < 4.78 is 24.0. The van der Waals surface area contributed by atoms with Gasteiger partial charge in [-0.1, -0.05) is 24.3 Å². The smallest absolute Gasteiger partial charge is 0.414 e. The second-order valence-electron chi connectivity index (χ2n) is 5.81. The summed E-state index contributed by atoms with van der Waals surface area (Å²) in [6.07, 6.45) is -0.838. The molecule has 2 aromatic rings. The molecule has 1 N–H and O–H groups in total. The Morgan fingerprint density at radius 3 is 2.81 bits per heavy atom. The van der Waals surface area contributed by atoms with Crippen molar-refractivity contribution in [3.05, 3.63) is 60.4 Å². The van der Waals surface area contributed by atoms with Crippen molar-refractivity contribution in [3.63, 3.8) is 0 Å². The highest BCUT2D eigenvalue weighted by molar-refractivity contribution is 5.89. The lowest BCUT2D eigenvalue weighted by molar-refractivity contribution is -0.121. The number of nitrogens with zero attached hydrogens (tertiary/aromatic N) is 1. The van der Waals surface area contributed by atoms with Crippen molar-refractivity contribution in [2.45, 2.75) is 12.5 Å². The molecular formula is C19H19FN2O4. The van der Waals surface area contributed by atoms with Crippen molar-refractivity contribution in [3.8, 4) is 5.75 Å². The van der Waals surface area contributed by atoms with Crippen LogP contribution < -0.4 is 15.0 Å². The number of anilines is 1. The van der Waals surface area contributed by atoms with Crippen molar-refractivity contribution in [1.82, 2.24) is 5.32 Å². The van der Waals surface area contributed by atoms with Gasteiger partial charge < -0.3 is 14.8 Å². The molecule has 1 unspecified atom stereocenters. The monoisotopic (exact) mass is 358 g/mol. The predicted molar refractivity (Wildman–Crippen MR) is 93.6 cm³/mol. The van der Waals surface area contributed by atoms with E-state index in [1.165, 1.54) is 23.1 Å². The summed E-state index contributed by atoms with van der Waals surface area (Å²) in [4.78, 5) is 25.1. The number of halogens is 1. The number of amides is 2. The molecule has 1 saturated heterocycles. The van der Waals surface area contributed by atoms with Crippen LogP contribution in [0.15, 0.2) is 54.6 Å². The minimum atomic E-state index is -0.553. The number of rotatable bonds is 7.